The second-order valence-corrected chi connectivity index (χ2v) is 11.5. The molecule has 1 aliphatic heterocycles. The van der Waals surface area contributed by atoms with Gasteiger partial charge >= 0.3 is 6.09 Å². The molecule has 2 aromatic rings. The summed E-state index contributed by atoms with van der Waals surface area (Å²) in [5, 5.41) is 19.3. The Kier molecular flexibility index (Phi) is 11.2. The van der Waals surface area contributed by atoms with Gasteiger partial charge in [-0.05, 0) is 54.9 Å². The molecule has 0 spiro atoms. The molecule has 2 aromatic carbocycles. The predicted molar refractivity (Wildman–Crippen MR) is 154 cm³/mol. The van der Waals surface area contributed by atoms with Gasteiger partial charge in [-0.15, -0.1) is 0 Å². The average Bonchev–Trinajstić information content (AvgIpc) is 3.30. The maximum atomic E-state index is 13.4. The van der Waals surface area contributed by atoms with Crippen LogP contribution in [0.4, 0.5) is 4.79 Å². The lowest BCUT2D eigenvalue weighted by molar-refractivity contribution is -0.126. The Hall–Kier alpha value is -3.10. The fourth-order valence-corrected chi connectivity index (χ4v) is 6.05. The monoisotopic (exact) mass is 569 g/mol. The quantitative estimate of drug-likeness (QED) is 0.300. The van der Waals surface area contributed by atoms with E-state index in [4.69, 9.17) is 16.3 Å². The molecule has 1 aliphatic carbocycles. The van der Waals surface area contributed by atoms with E-state index >= 15 is 0 Å². The molecule has 3 unspecified atom stereocenters. The third kappa shape index (κ3) is 9.24. The Labute approximate surface area is 241 Å². The van der Waals surface area contributed by atoms with Crippen LogP contribution in [0, 0.1) is 11.8 Å². The van der Waals surface area contributed by atoms with Crippen molar-refractivity contribution in [2.75, 3.05) is 6.61 Å². The molecule has 4 rings (SSSR count). The summed E-state index contributed by atoms with van der Waals surface area (Å²) in [5.74, 6) is -0.415. The lowest BCUT2D eigenvalue weighted by Crippen LogP contribution is -2.51. The van der Waals surface area contributed by atoms with Gasteiger partial charge in [0.05, 0.1) is 12.6 Å². The van der Waals surface area contributed by atoms with Crippen molar-refractivity contribution in [2.24, 2.45) is 11.8 Å². The van der Waals surface area contributed by atoms with Gasteiger partial charge < -0.3 is 25.8 Å². The first kappa shape index (κ1) is 29.9. The van der Waals surface area contributed by atoms with Crippen LogP contribution in [0.25, 0.3) is 0 Å². The highest BCUT2D eigenvalue weighted by Crippen LogP contribution is 2.28. The van der Waals surface area contributed by atoms with Gasteiger partial charge in [-0.1, -0.05) is 86.2 Å². The highest BCUT2D eigenvalue weighted by Gasteiger charge is 2.35. The number of hydrogen-bond acceptors (Lipinski definition) is 5. The van der Waals surface area contributed by atoms with Gasteiger partial charge in [0.2, 0.25) is 11.8 Å². The van der Waals surface area contributed by atoms with E-state index in [1.54, 1.807) is 24.3 Å². The van der Waals surface area contributed by atoms with Crippen LogP contribution in [0.15, 0.2) is 54.6 Å². The number of carbonyl (C=O) groups excluding carboxylic acids is 3. The van der Waals surface area contributed by atoms with Crippen LogP contribution in [0.1, 0.15) is 62.5 Å². The van der Waals surface area contributed by atoms with Crippen LogP contribution in [-0.4, -0.2) is 47.7 Å². The minimum Gasteiger partial charge on any atom is -0.445 e. The largest absolute Gasteiger partial charge is 0.445 e. The van der Waals surface area contributed by atoms with E-state index in [2.05, 4.69) is 16.0 Å². The molecular weight excluding hydrogens is 530 g/mol. The van der Waals surface area contributed by atoms with Crippen LogP contribution in [0.3, 0.4) is 0 Å². The highest BCUT2D eigenvalue weighted by molar-refractivity contribution is 6.30. The molecule has 9 heteroatoms. The fourth-order valence-electron chi connectivity index (χ4n) is 5.84. The number of hydrogen-bond donors (Lipinski definition) is 4. The molecule has 216 valence electrons. The molecule has 4 atom stereocenters. The molecule has 1 saturated carbocycles. The zero-order valence-corrected chi connectivity index (χ0v) is 23.6. The molecule has 1 heterocycles. The van der Waals surface area contributed by atoms with Crippen LogP contribution >= 0.6 is 11.6 Å². The molecule has 2 aliphatic rings. The Bertz CT molecular complexity index is 1120. The topological polar surface area (TPSA) is 117 Å². The van der Waals surface area contributed by atoms with Crippen molar-refractivity contribution in [1.29, 1.82) is 0 Å². The van der Waals surface area contributed by atoms with Gasteiger partial charge in [-0.25, -0.2) is 4.79 Å². The number of nitrogens with one attached hydrogen (secondary N) is 3. The number of amides is 3. The Morgan fingerprint density at radius 1 is 1.00 bits per heavy atom. The van der Waals surface area contributed by atoms with Crippen LogP contribution in [-0.2, 0) is 27.4 Å². The third-order valence-electron chi connectivity index (χ3n) is 7.91. The van der Waals surface area contributed by atoms with Crippen molar-refractivity contribution in [1.82, 2.24) is 16.0 Å². The molecule has 4 N–H and O–H groups in total. The summed E-state index contributed by atoms with van der Waals surface area (Å²) in [6, 6.07) is 15.7. The summed E-state index contributed by atoms with van der Waals surface area (Å²) >= 11 is 6.02. The first-order valence-electron chi connectivity index (χ1n) is 14.3. The highest BCUT2D eigenvalue weighted by atomic mass is 35.5. The number of benzene rings is 2. The van der Waals surface area contributed by atoms with Crippen molar-refractivity contribution in [3.05, 3.63) is 70.7 Å². The van der Waals surface area contributed by atoms with E-state index in [0.717, 1.165) is 43.2 Å². The standard InChI is InChI=1S/C31H40ClN3O5/c32-25-13-7-12-23(14-25)20-40-31(39)35-28(16-22-10-5-2-6-11-22)30(38)34-27(19-36)18-24-17-26(33-29(24)37)15-21-8-3-1-4-9-21/h1,3-4,7-9,12-14,22,24,26-28,36H,2,5-6,10-11,15-20H2,(H,33,37)(H,34,38)(H,35,39)/t24?,26?,27?,28-/m0/s1. The van der Waals surface area contributed by atoms with Crippen molar-refractivity contribution < 1.29 is 24.2 Å². The predicted octanol–water partition coefficient (Wildman–Crippen LogP) is 4.52. The molecule has 40 heavy (non-hydrogen) atoms. The van der Waals surface area contributed by atoms with Crippen molar-refractivity contribution in [3.63, 3.8) is 0 Å². The SMILES string of the molecule is O=C(N[C@@H](CC1CCCCC1)C(=O)NC(CO)CC1CC(Cc2ccccc2)NC1=O)OCc1cccc(Cl)c1. The Morgan fingerprint density at radius 2 is 1.75 bits per heavy atom. The number of rotatable bonds is 12. The number of aliphatic hydroxyl groups is 1. The summed E-state index contributed by atoms with van der Waals surface area (Å²) in [5.41, 5.74) is 1.90. The summed E-state index contributed by atoms with van der Waals surface area (Å²) in [4.78, 5) is 38.7. The van der Waals surface area contributed by atoms with Gasteiger partial charge in [0.15, 0.2) is 0 Å². The molecule has 2 fully saturated rings. The first-order valence-corrected chi connectivity index (χ1v) is 14.7. The smallest absolute Gasteiger partial charge is 0.408 e. The lowest BCUT2D eigenvalue weighted by atomic mass is 9.84. The lowest BCUT2D eigenvalue weighted by Gasteiger charge is -2.28. The van der Waals surface area contributed by atoms with Crippen LogP contribution in [0.2, 0.25) is 5.02 Å². The molecular formula is C31H40ClN3O5. The van der Waals surface area contributed by atoms with Gasteiger partial charge in [-0.3, -0.25) is 9.59 Å². The Morgan fingerprint density at radius 3 is 2.48 bits per heavy atom. The van der Waals surface area contributed by atoms with Gasteiger partial charge in [0.25, 0.3) is 0 Å². The van der Waals surface area contributed by atoms with E-state index in [1.807, 2.05) is 30.3 Å². The van der Waals surface area contributed by atoms with Crippen molar-refractivity contribution in [2.45, 2.75) is 82.5 Å². The van der Waals surface area contributed by atoms with Gasteiger partial charge in [0, 0.05) is 17.0 Å². The molecule has 1 saturated heterocycles. The molecule has 0 radical (unpaired) electrons. The number of halogens is 1. The van der Waals surface area contributed by atoms with E-state index in [-0.39, 0.29) is 37.0 Å². The minimum absolute atomic E-state index is 0.0185. The van der Waals surface area contributed by atoms with E-state index < -0.39 is 18.2 Å². The minimum atomic E-state index is -0.799. The molecule has 8 nitrogen and oxygen atoms in total. The van der Waals surface area contributed by atoms with E-state index in [0.29, 0.717) is 30.2 Å². The molecule has 3 amide bonds. The van der Waals surface area contributed by atoms with Gasteiger partial charge in [0.1, 0.15) is 12.6 Å². The van der Waals surface area contributed by atoms with Crippen LogP contribution < -0.4 is 16.0 Å². The maximum absolute atomic E-state index is 13.4. The second-order valence-electron chi connectivity index (χ2n) is 11.1. The van der Waals surface area contributed by atoms with Crippen molar-refractivity contribution in [3.8, 4) is 0 Å². The normalized spacial score (nSPS) is 20.8. The summed E-state index contributed by atoms with van der Waals surface area (Å²) < 4.78 is 5.38. The zero-order valence-electron chi connectivity index (χ0n) is 22.8. The second kappa shape index (κ2) is 15.1. The molecule has 0 aromatic heterocycles. The summed E-state index contributed by atoms with van der Waals surface area (Å²) in [6.45, 7) is -0.265. The number of carbonyl (C=O) groups is 3. The fraction of sp³-hybridized carbons (Fsp3) is 0.516. The number of ether oxygens (including phenoxy) is 1. The van der Waals surface area contributed by atoms with Crippen molar-refractivity contribution >= 4 is 29.5 Å². The first-order chi connectivity index (χ1) is 19.4. The van der Waals surface area contributed by atoms with E-state index in [9.17, 15) is 19.5 Å². The maximum Gasteiger partial charge on any atom is 0.408 e. The van der Waals surface area contributed by atoms with E-state index in [1.165, 1.54) is 6.42 Å². The zero-order chi connectivity index (χ0) is 28.3. The van der Waals surface area contributed by atoms with Gasteiger partial charge in [-0.2, -0.15) is 0 Å². The average molecular weight is 570 g/mol. The molecule has 0 bridgehead atoms. The number of aliphatic hydroxyl groups excluding tert-OH is 1. The summed E-state index contributed by atoms with van der Waals surface area (Å²) in [6.07, 6.45) is 6.95. The summed E-state index contributed by atoms with van der Waals surface area (Å²) in [7, 11) is 0. The van der Waals surface area contributed by atoms with Crippen LogP contribution in [0.5, 0.6) is 0 Å². The third-order valence-corrected chi connectivity index (χ3v) is 8.14. The Balaban J connectivity index is 1.33. The number of alkyl carbamates (subject to hydrolysis) is 1.